The highest BCUT2D eigenvalue weighted by molar-refractivity contribution is 7.80. The quantitative estimate of drug-likeness (QED) is 0.497. The third-order valence-corrected chi connectivity index (χ3v) is 3.31. The number of hydrogen-bond donors (Lipinski definition) is 0. The van der Waals surface area contributed by atoms with Crippen LogP contribution in [0.15, 0.2) is 0 Å². The van der Waals surface area contributed by atoms with Crippen molar-refractivity contribution in [1.82, 2.24) is 0 Å². The van der Waals surface area contributed by atoms with Crippen molar-refractivity contribution in [2.75, 3.05) is 6.61 Å². The molecule has 0 amide bonds. The molecule has 1 saturated heterocycles. The molecule has 2 fully saturated rings. The first-order valence-electron chi connectivity index (χ1n) is 3.89. The van der Waals surface area contributed by atoms with E-state index >= 15 is 0 Å². The van der Waals surface area contributed by atoms with E-state index in [-0.39, 0.29) is 0 Å². The van der Waals surface area contributed by atoms with Crippen LogP contribution in [0, 0.1) is 11.3 Å². The molecule has 0 radical (unpaired) electrons. The third-order valence-electron chi connectivity index (χ3n) is 2.91. The van der Waals surface area contributed by atoms with Crippen LogP contribution in [0.2, 0.25) is 0 Å². The molecule has 0 unspecified atom stereocenters. The lowest BCUT2D eigenvalue weighted by molar-refractivity contribution is 0.213. The molecule has 0 bridgehead atoms. The van der Waals surface area contributed by atoms with E-state index in [0.29, 0.717) is 11.3 Å². The van der Waals surface area contributed by atoms with E-state index in [4.69, 9.17) is 17.0 Å². The highest BCUT2D eigenvalue weighted by Crippen LogP contribution is 2.48. The van der Waals surface area contributed by atoms with E-state index in [2.05, 4.69) is 6.92 Å². The van der Waals surface area contributed by atoms with E-state index in [9.17, 15) is 0 Å². The summed E-state index contributed by atoms with van der Waals surface area (Å²) < 4.78 is 5.35. The fraction of sp³-hybridized carbons (Fsp3) is 0.875. The lowest BCUT2D eigenvalue weighted by Gasteiger charge is -2.18. The van der Waals surface area contributed by atoms with Crippen molar-refractivity contribution in [3.05, 3.63) is 0 Å². The summed E-state index contributed by atoms with van der Waals surface area (Å²) in [6, 6.07) is 0. The monoisotopic (exact) mass is 156 g/mol. The highest BCUT2D eigenvalue weighted by atomic mass is 32.1. The second-order valence-corrected chi connectivity index (χ2v) is 4.11. The summed E-state index contributed by atoms with van der Waals surface area (Å²) in [7, 11) is 0. The Kier molecular flexibility index (Phi) is 1.28. The molecule has 2 aliphatic rings. The van der Waals surface area contributed by atoms with Crippen molar-refractivity contribution in [2.45, 2.75) is 26.2 Å². The summed E-state index contributed by atoms with van der Waals surface area (Å²) in [5.41, 5.74) is 0.414. The van der Waals surface area contributed by atoms with E-state index in [0.717, 1.165) is 11.7 Å². The van der Waals surface area contributed by atoms with Gasteiger partial charge in [-0.25, -0.2) is 0 Å². The van der Waals surface area contributed by atoms with Crippen LogP contribution in [-0.4, -0.2) is 11.7 Å². The van der Waals surface area contributed by atoms with Crippen molar-refractivity contribution in [1.29, 1.82) is 0 Å². The van der Waals surface area contributed by atoms with Crippen LogP contribution in [0.25, 0.3) is 0 Å². The van der Waals surface area contributed by atoms with Crippen molar-refractivity contribution < 1.29 is 4.74 Å². The maximum absolute atomic E-state index is 5.35. The Labute approximate surface area is 66.8 Å². The van der Waals surface area contributed by atoms with Crippen molar-refractivity contribution in [2.24, 2.45) is 11.3 Å². The molecule has 56 valence electrons. The molecule has 2 rings (SSSR count). The van der Waals surface area contributed by atoms with Gasteiger partial charge in [0.05, 0.1) is 6.61 Å². The van der Waals surface area contributed by atoms with Crippen molar-refractivity contribution in [3.8, 4) is 0 Å². The predicted octanol–water partition coefficient (Wildman–Crippen LogP) is 2.15. The molecule has 1 heterocycles. The average Bonchev–Trinajstić information content (AvgIpc) is 2.35. The third kappa shape index (κ3) is 0.715. The molecular formula is C8H12OS. The molecule has 0 N–H and O–H groups in total. The number of hydrogen-bond acceptors (Lipinski definition) is 2. The maximum Gasteiger partial charge on any atom is 0.163 e. The largest absolute Gasteiger partial charge is 0.486 e. The summed E-state index contributed by atoms with van der Waals surface area (Å²) in [4.78, 5) is 0. The molecule has 1 aliphatic carbocycles. The fourth-order valence-electron chi connectivity index (χ4n) is 2.14. The minimum absolute atomic E-state index is 0.414. The number of fused-ring (bicyclic) bond motifs is 1. The van der Waals surface area contributed by atoms with Gasteiger partial charge in [-0.05, 0) is 25.1 Å². The van der Waals surface area contributed by atoms with Gasteiger partial charge >= 0.3 is 0 Å². The first-order chi connectivity index (χ1) is 4.72. The van der Waals surface area contributed by atoms with Crippen LogP contribution >= 0.6 is 12.2 Å². The Bertz CT molecular complexity index is 178. The topological polar surface area (TPSA) is 9.23 Å². The lowest BCUT2D eigenvalue weighted by atomic mass is 9.83. The van der Waals surface area contributed by atoms with Crippen LogP contribution < -0.4 is 0 Å². The van der Waals surface area contributed by atoms with E-state index in [1.165, 1.54) is 19.3 Å². The van der Waals surface area contributed by atoms with Crippen LogP contribution in [0.4, 0.5) is 0 Å². The Morgan fingerprint density at radius 3 is 3.20 bits per heavy atom. The maximum atomic E-state index is 5.35. The summed E-state index contributed by atoms with van der Waals surface area (Å²) in [6.45, 7) is 3.17. The molecule has 0 aromatic carbocycles. The summed E-state index contributed by atoms with van der Waals surface area (Å²) in [5, 5.41) is 0.875. The van der Waals surface area contributed by atoms with Gasteiger partial charge in [-0.15, -0.1) is 0 Å². The molecular weight excluding hydrogens is 144 g/mol. The molecule has 2 heteroatoms. The minimum Gasteiger partial charge on any atom is -0.486 e. The molecule has 0 spiro atoms. The predicted molar refractivity (Wildman–Crippen MR) is 44.0 cm³/mol. The normalized spacial score (nSPS) is 45.3. The second-order valence-electron chi connectivity index (χ2n) is 3.71. The van der Waals surface area contributed by atoms with Gasteiger partial charge < -0.3 is 4.74 Å². The first-order valence-corrected chi connectivity index (χ1v) is 4.30. The minimum atomic E-state index is 0.414. The zero-order chi connectivity index (χ0) is 7.19. The summed E-state index contributed by atoms with van der Waals surface area (Å²) in [5.74, 6) is 0.600. The number of rotatable bonds is 0. The zero-order valence-electron chi connectivity index (χ0n) is 6.22. The summed E-state index contributed by atoms with van der Waals surface area (Å²) in [6.07, 6.45) is 3.90. The Hall–Kier alpha value is -0.110. The Balaban J connectivity index is 2.27. The van der Waals surface area contributed by atoms with Gasteiger partial charge in [-0.3, -0.25) is 0 Å². The molecule has 1 saturated carbocycles. The van der Waals surface area contributed by atoms with Crippen LogP contribution in [0.3, 0.4) is 0 Å². The molecule has 1 nitrogen and oxygen atoms in total. The Morgan fingerprint density at radius 2 is 2.50 bits per heavy atom. The molecule has 0 aromatic heterocycles. The second kappa shape index (κ2) is 1.94. The van der Waals surface area contributed by atoms with Crippen LogP contribution in [0.1, 0.15) is 26.2 Å². The highest BCUT2D eigenvalue weighted by Gasteiger charge is 2.47. The van der Waals surface area contributed by atoms with Gasteiger partial charge in [0.25, 0.3) is 0 Å². The molecule has 1 aliphatic heterocycles. The van der Waals surface area contributed by atoms with Gasteiger partial charge in [0.1, 0.15) is 0 Å². The van der Waals surface area contributed by atoms with Gasteiger partial charge in [0.2, 0.25) is 0 Å². The Morgan fingerprint density at radius 1 is 1.70 bits per heavy atom. The lowest BCUT2D eigenvalue weighted by Crippen LogP contribution is -2.20. The van der Waals surface area contributed by atoms with Crippen LogP contribution in [-0.2, 0) is 4.74 Å². The molecule has 0 aromatic rings. The number of thiocarbonyl (C=S) groups is 1. The first kappa shape index (κ1) is 6.59. The van der Waals surface area contributed by atoms with Gasteiger partial charge in [0, 0.05) is 11.3 Å². The smallest absolute Gasteiger partial charge is 0.163 e. The van der Waals surface area contributed by atoms with Gasteiger partial charge in [0.15, 0.2) is 5.05 Å². The van der Waals surface area contributed by atoms with Crippen molar-refractivity contribution in [3.63, 3.8) is 0 Å². The van der Waals surface area contributed by atoms with Crippen LogP contribution in [0.5, 0.6) is 0 Å². The summed E-state index contributed by atoms with van der Waals surface area (Å²) >= 11 is 5.11. The van der Waals surface area contributed by atoms with Gasteiger partial charge in [-0.2, -0.15) is 0 Å². The molecule has 10 heavy (non-hydrogen) atoms. The zero-order valence-corrected chi connectivity index (χ0v) is 7.04. The van der Waals surface area contributed by atoms with E-state index < -0.39 is 0 Å². The van der Waals surface area contributed by atoms with Gasteiger partial charge in [-0.1, -0.05) is 13.3 Å². The van der Waals surface area contributed by atoms with E-state index in [1.54, 1.807) is 0 Å². The molecule has 2 atom stereocenters. The van der Waals surface area contributed by atoms with Crippen molar-refractivity contribution >= 4 is 17.3 Å². The SMILES string of the molecule is C[C@]12CCC[C@H]1C(=S)OC2. The fourth-order valence-corrected chi connectivity index (χ4v) is 2.61. The number of ether oxygens (including phenoxy) is 1. The standard InChI is InChI=1S/C8H12OS/c1-8-4-2-3-6(8)7(10)9-5-8/h6H,2-5H2,1H3/t6-,8+/m0/s1. The van der Waals surface area contributed by atoms with E-state index in [1.807, 2.05) is 0 Å². The average molecular weight is 156 g/mol.